The van der Waals surface area contributed by atoms with Gasteiger partial charge >= 0.3 is 0 Å². The molecule has 0 aromatic heterocycles. The Balaban J connectivity index is 2.32. The van der Waals surface area contributed by atoms with Crippen molar-refractivity contribution in [3.05, 3.63) is 39.4 Å². The quantitative estimate of drug-likeness (QED) is 0.472. The van der Waals surface area contributed by atoms with Gasteiger partial charge in [-0.15, -0.1) is 0 Å². The van der Waals surface area contributed by atoms with Gasteiger partial charge in [-0.1, -0.05) is 19.3 Å². The predicted molar refractivity (Wildman–Crippen MR) is 86.7 cm³/mol. The highest BCUT2D eigenvalue weighted by Crippen LogP contribution is 2.26. The van der Waals surface area contributed by atoms with E-state index in [1.165, 1.54) is 31.5 Å². The first kappa shape index (κ1) is 17.1. The van der Waals surface area contributed by atoms with Gasteiger partial charge in [0.05, 0.1) is 10.5 Å². The Morgan fingerprint density at radius 2 is 1.91 bits per heavy atom. The number of ketones is 1. The minimum atomic E-state index is -0.607. The van der Waals surface area contributed by atoms with Gasteiger partial charge in [-0.05, 0) is 38.8 Å². The van der Waals surface area contributed by atoms with Gasteiger partial charge < -0.3 is 4.90 Å². The monoisotopic (exact) mass is 318 g/mol. The van der Waals surface area contributed by atoms with E-state index in [4.69, 9.17) is 0 Å². The Morgan fingerprint density at radius 3 is 2.43 bits per heavy atom. The van der Waals surface area contributed by atoms with Gasteiger partial charge in [0.15, 0.2) is 5.78 Å². The van der Waals surface area contributed by atoms with E-state index in [-0.39, 0.29) is 34.5 Å². The van der Waals surface area contributed by atoms with Crippen LogP contribution >= 0.6 is 0 Å². The summed E-state index contributed by atoms with van der Waals surface area (Å²) in [5.74, 6) is -0.576. The lowest BCUT2D eigenvalue weighted by atomic mass is 9.93. The summed E-state index contributed by atoms with van der Waals surface area (Å²) in [6, 6.07) is 4.32. The molecule has 2 rings (SSSR count). The molecule has 1 aromatic rings. The van der Waals surface area contributed by atoms with E-state index in [0.29, 0.717) is 6.54 Å². The van der Waals surface area contributed by atoms with Crippen LogP contribution < -0.4 is 0 Å². The molecule has 1 aliphatic carbocycles. The minimum Gasteiger partial charge on any atom is -0.336 e. The number of carbonyl (C=O) groups excluding carboxylic acids is 2. The number of benzene rings is 1. The maximum Gasteiger partial charge on any atom is 0.280 e. The second kappa shape index (κ2) is 7.35. The molecular formula is C17H22N2O4. The lowest BCUT2D eigenvalue weighted by Crippen LogP contribution is -2.41. The molecule has 0 bridgehead atoms. The van der Waals surface area contributed by atoms with E-state index < -0.39 is 4.92 Å². The van der Waals surface area contributed by atoms with Gasteiger partial charge in [-0.2, -0.15) is 0 Å². The van der Waals surface area contributed by atoms with Crippen molar-refractivity contribution < 1.29 is 14.5 Å². The fourth-order valence-corrected chi connectivity index (χ4v) is 3.24. The highest BCUT2D eigenvalue weighted by molar-refractivity contribution is 6.01. The van der Waals surface area contributed by atoms with Crippen LogP contribution in [0.5, 0.6) is 0 Å². The van der Waals surface area contributed by atoms with Crippen LogP contribution in [0.2, 0.25) is 0 Å². The zero-order chi connectivity index (χ0) is 17.0. The first-order valence-electron chi connectivity index (χ1n) is 8.06. The van der Waals surface area contributed by atoms with Crippen LogP contribution in [-0.2, 0) is 0 Å². The number of hydrogen-bond donors (Lipinski definition) is 0. The second-order valence-corrected chi connectivity index (χ2v) is 5.93. The molecule has 0 saturated heterocycles. The van der Waals surface area contributed by atoms with Crippen LogP contribution in [0.3, 0.4) is 0 Å². The Hall–Kier alpha value is -2.24. The number of Topliss-reactive ketones (excluding diaryl/α,β-unsaturated/α-hetero) is 1. The van der Waals surface area contributed by atoms with E-state index in [1.54, 1.807) is 4.90 Å². The van der Waals surface area contributed by atoms with Crippen LogP contribution in [0, 0.1) is 10.1 Å². The number of nitro groups is 1. The molecule has 1 aliphatic rings. The van der Waals surface area contributed by atoms with E-state index >= 15 is 0 Å². The van der Waals surface area contributed by atoms with Crippen LogP contribution in [0.1, 0.15) is 66.7 Å². The topological polar surface area (TPSA) is 80.5 Å². The Morgan fingerprint density at radius 1 is 1.26 bits per heavy atom. The molecule has 1 aromatic carbocycles. The van der Waals surface area contributed by atoms with Gasteiger partial charge in [-0.3, -0.25) is 19.7 Å². The summed E-state index contributed by atoms with van der Waals surface area (Å²) in [4.78, 5) is 36.6. The molecule has 124 valence electrons. The van der Waals surface area contributed by atoms with Gasteiger partial charge in [0.1, 0.15) is 0 Å². The van der Waals surface area contributed by atoms with E-state index in [1.807, 2.05) is 6.92 Å². The van der Waals surface area contributed by atoms with Crippen molar-refractivity contribution in [2.24, 2.45) is 0 Å². The molecule has 1 saturated carbocycles. The molecule has 23 heavy (non-hydrogen) atoms. The SMILES string of the molecule is CCN(C(=O)c1ccc(C(C)=O)c([N+](=O)[O-])c1)C1CCCCC1. The summed E-state index contributed by atoms with van der Waals surface area (Å²) >= 11 is 0. The molecule has 0 N–H and O–H groups in total. The fraction of sp³-hybridized carbons (Fsp3) is 0.529. The van der Waals surface area contributed by atoms with E-state index in [2.05, 4.69) is 0 Å². The third-order valence-electron chi connectivity index (χ3n) is 4.44. The predicted octanol–water partition coefficient (Wildman–Crippen LogP) is 3.59. The van der Waals surface area contributed by atoms with Crippen molar-refractivity contribution in [3.8, 4) is 0 Å². The summed E-state index contributed by atoms with van der Waals surface area (Å²) in [6.07, 6.45) is 5.37. The average molecular weight is 318 g/mol. The highest BCUT2D eigenvalue weighted by Gasteiger charge is 2.27. The molecule has 0 heterocycles. The summed E-state index contributed by atoms with van der Waals surface area (Å²) in [5.41, 5.74) is 0.00411. The van der Waals surface area contributed by atoms with Crippen molar-refractivity contribution in [1.82, 2.24) is 4.90 Å². The van der Waals surface area contributed by atoms with Crippen molar-refractivity contribution in [2.75, 3.05) is 6.54 Å². The molecule has 6 nitrogen and oxygen atoms in total. The van der Waals surface area contributed by atoms with Gasteiger partial charge in [-0.25, -0.2) is 0 Å². The second-order valence-electron chi connectivity index (χ2n) is 5.93. The molecule has 0 unspecified atom stereocenters. The highest BCUT2D eigenvalue weighted by atomic mass is 16.6. The Labute approximate surface area is 135 Å². The number of amides is 1. The van der Waals surface area contributed by atoms with Crippen LogP contribution in [0.25, 0.3) is 0 Å². The Kier molecular flexibility index (Phi) is 5.47. The molecule has 6 heteroatoms. The first-order chi connectivity index (χ1) is 11.0. The summed E-state index contributed by atoms with van der Waals surface area (Å²) in [5, 5.41) is 11.2. The van der Waals surface area contributed by atoms with E-state index in [0.717, 1.165) is 25.7 Å². The van der Waals surface area contributed by atoms with Crippen LogP contribution in [0.15, 0.2) is 18.2 Å². The molecule has 1 amide bonds. The number of carbonyl (C=O) groups is 2. The smallest absolute Gasteiger partial charge is 0.280 e. The number of hydrogen-bond acceptors (Lipinski definition) is 4. The molecule has 0 radical (unpaired) electrons. The lowest BCUT2D eigenvalue weighted by Gasteiger charge is -2.33. The molecular weight excluding hydrogens is 296 g/mol. The number of nitrogens with zero attached hydrogens (tertiary/aromatic N) is 2. The fourth-order valence-electron chi connectivity index (χ4n) is 3.24. The van der Waals surface area contributed by atoms with Crippen LogP contribution in [0.4, 0.5) is 5.69 Å². The maximum atomic E-state index is 12.7. The molecule has 0 spiro atoms. The Bertz CT molecular complexity index is 621. The minimum absolute atomic E-state index is 0.0345. The number of rotatable bonds is 5. The maximum absolute atomic E-state index is 12.7. The van der Waals surface area contributed by atoms with Crippen molar-refractivity contribution in [2.45, 2.75) is 52.0 Å². The lowest BCUT2D eigenvalue weighted by molar-refractivity contribution is -0.385. The van der Waals surface area contributed by atoms with Crippen molar-refractivity contribution >= 4 is 17.4 Å². The first-order valence-corrected chi connectivity index (χ1v) is 8.06. The molecule has 0 aliphatic heterocycles. The van der Waals surface area contributed by atoms with Gasteiger partial charge in [0, 0.05) is 24.2 Å². The zero-order valence-corrected chi connectivity index (χ0v) is 13.6. The summed E-state index contributed by atoms with van der Waals surface area (Å²) in [6.45, 7) is 3.78. The normalized spacial score (nSPS) is 15.2. The summed E-state index contributed by atoms with van der Waals surface area (Å²) < 4.78 is 0. The third-order valence-corrected chi connectivity index (χ3v) is 4.44. The standard InChI is InChI=1S/C17H22N2O4/c1-3-18(14-7-5-4-6-8-14)17(21)13-9-10-15(12(2)20)16(11-13)19(22)23/h9-11,14H,3-8H2,1-2H3. The summed E-state index contributed by atoms with van der Waals surface area (Å²) in [7, 11) is 0. The molecule has 1 fully saturated rings. The molecule has 0 atom stereocenters. The third kappa shape index (κ3) is 3.75. The average Bonchev–Trinajstić information content (AvgIpc) is 2.55. The van der Waals surface area contributed by atoms with Gasteiger partial charge in [0.2, 0.25) is 0 Å². The van der Waals surface area contributed by atoms with Crippen molar-refractivity contribution in [1.29, 1.82) is 0 Å². The zero-order valence-electron chi connectivity index (χ0n) is 13.6. The van der Waals surface area contributed by atoms with Crippen LogP contribution in [-0.4, -0.2) is 34.1 Å². The number of nitro benzene ring substituents is 1. The van der Waals surface area contributed by atoms with E-state index in [9.17, 15) is 19.7 Å². The van der Waals surface area contributed by atoms with Gasteiger partial charge in [0.25, 0.3) is 11.6 Å². The van der Waals surface area contributed by atoms with Crippen molar-refractivity contribution in [3.63, 3.8) is 0 Å². The largest absolute Gasteiger partial charge is 0.336 e.